The molecule has 0 aromatic carbocycles. The molecule has 0 spiro atoms. The standard InChI is InChI=1S/C13H18ClN3/c1-8(9-3-2-4-9)15-12-7-11(14)16-13(17-12)10-5-6-10/h7-10H,2-6H2,1H3,(H,15,16,17). The van der Waals surface area contributed by atoms with Crippen molar-refractivity contribution in [3.05, 3.63) is 17.0 Å². The normalized spacial score (nSPS) is 22.0. The lowest BCUT2D eigenvalue weighted by molar-refractivity contribution is 0.285. The van der Waals surface area contributed by atoms with Gasteiger partial charge in [-0.1, -0.05) is 18.0 Å². The largest absolute Gasteiger partial charge is 0.367 e. The van der Waals surface area contributed by atoms with Gasteiger partial charge in [0, 0.05) is 18.0 Å². The Balaban J connectivity index is 1.72. The minimum absolute atomic E-state index is 0.488. The van der Waals surface area contributed by atoms with E-state index in [1.165, 1.54) is 32.1 Å². The summed E-state index contributed by atoms with van der Waals surface area (Å²) in [5.74, 6) is 3.16. The number of halogens is 1. The van der Waals surface area contributed by atoms with Gasteiger partial charge in [0.05, 0.1) is 0 Å². The SMILES string of the molecule is CC(Nc1cc(Cl)nc(C2CC2)n1)C1CCC1. The van der Waals surface area contributed by atoms with Gasteiger partial charge in [0.25, 0.3) is 0 Å². The van der Waals surface area contributed by atoms with Crippen molar-refractivity contribution in [2.75, 3.05) is 5.32 Å². The zero-order chi connectivity index (χ0) is 11.8. The molecule has 2 saturated carbocycles. The maximum absolute atomic E-state index is 6.04. The first-order valence-corrected chi connectivity index (χ1v) is 6.91. The summed E-state index contributed by atoms with van der Waals surface area (Å²) in [6.45, 7) is 2.23. The number of hydrogen-bond acceptors (Lipinski definition) is 3. The van der Waals surface area contributed by atoms with E-state index in [0.29, 0.717) is 17.1 Å². The van der Waals surface area contributed by atoms with Crippen LogP contribution in [0, 0.1) is 5.92 Å². The number of hydrogen-bond donors (Lipinski definition) is 1. The van der Waals surface area contributed by atoms with Crippen molar-refractivity contribution in [3.63, 3.8) is 0 Å². The molecule has 0 saturated heterocycles. The molecule has 3 rings (SSSR count). The molecule has 2 aliphatic carbocycles. The monoisotopic (exact) mass is 251 g/mol. The van der Waals surface area contributed by atoms with Gasteiger partial charge in [-0.3, -0.25) is 0 Å². The Morgan fingerprint density at radius 2 is 2.06 bits per heavy atom. The van der Waals surface area contributed by atoms with Gasteiger partial charge in [-0.2, -0.15) is 0 Å². The van der Waals surface area contributed by atoms with E-state index in [9.17, 15) is 0 Å². The average Bonchev–Trinajstić information content (AvgIpc) is 2.95. The van der Waals surface area contributed by atoms with Gasteiger partial charge in [-0.05, 0) is 38.5 Å². The molecule has 0 aliphatic heterocycles. The van der Waals surface area contributed by atoms with E-state index in [-0.39, 0.29) is 0 Å². The number of nitrogens with zero attached hydrogens (tertiary/aromatic N) is 2. The smallest absolute Gasteiger partial charge is 0.135 e. The Morgan fingerprint density at radius 3 is 2.65 bits per heavy atom. The zero-order valence-corrected chi connectivity index (χ0v) is 10.9. The molecule has 17 heavy (non-hydrogen) atoms. The Bertz CT molecular complexity index is 413. The number of aromatic nitrogens is 2. The van der Waals surface area contributed by atoms with Gasteiger partial charge in [0.15, 0.2) is 0 Å². The highest BCUT2D eigenvalue weighted by molar-refractivity contribution is 6.29. The van der Waals surface area contributed by atoms with E-state index in [0.717, 1.165) is 17.6 Å². The predicted molar refractivity (Wildman–Crippen MR) is 69.4 cm³/mol. The maximum atomic E-state index is 6.04. The van der Waals surface area contributed by atoms with Crippen LogP contribution in [0.2, 0.25) is 5.15 Å². The van der Waals surface area contributed by atoms with Crippen LogP contribution in [-0.2, 0) is 0 Å². The third-order valence-electron chi connectivity index (χ3n) is 3.89. The molecule has 1 atom stereocenters. The van der Waals surface area contributed by atoms with Crippen LogP contribution in [0.1, 0.15) is 50.8 Å². The molecule has 92 valence electrons. The summed E-state index contributed by atoms with van der Waals surface area (Å²) >= 11 is 6.04. The van der Waals surface area contributed by atoms with Crippen LogP contribution in [-0.4, -0.2) is 16.0 Å². The first kappa shape index (κ1) is 11.3. The van der Waals surface area contributed by atoms with Gasteiger partial charge >= 0.3 is 0 Å². The lowest BCUT2D eigenvalue weighted by Gasteiger charge is -2.32. The van der Waals surface area contributed by atoms with Gasteiger partial charge in [-0.15, -0.1) is 0 Å². The maximum Gasteiger partial charge on any atom is 0.135 e. The second kappa shape index (κ2) is 4.45. The number of anilines is 1. The van der Waals surface area contributed by atoms with E-state index >= 15 is 0 Å². The van der Waals surface area contributed by atoms with Gasteiger partial charge < -0.3 is 5.32 Å². The number of rotatable bonds is 4. The minimum Gasteiger partial charge on any atom is -0.367 e. The van der Waals surface area contributed by atoms with Crippen molar-refractivity contribution < 1.29 is 0 Å². The Kier molecular flexibility index (Phi) is 2.95. The lowest BCUT2D eigenvalue weighted by Crippen LogP contribution is -2.31. The fourth-order valence-corrected chi connectivity index (χ4v) is 2.51. The van der Waals surface area contributed by atoms with E-state index < -0.39 is 0 Å². The summed E-state index contributed by atoms with van der Waals surface area (Å²) in [7, 11) is 0. The highest BCUT2D eigenvalue weighted by Crippen LogP contribution is 2.39. The molecule has 2 fully saturated rings. The Hall–Kier alpha value is -0.830. The summed E-state index contributed by atoms with van der Waals surface area (Å²) in [6, 6.07) is 2.32. The zero-order valence-electron chi connectivity index (χ0n) is 10.1. The van der Waals surface area contributed by atoms with Crippen LogP contribution in [0.3, 0.4) is 0 Å². The topological polar surface area (TPSA) is 37.8 Å². The van der Waals surface area contributed by atoms with E-state index in [1.807, 2.05) is 6.07 Å². The Labute approximate surface area is 107 Å². The van der Waals surface area contributed by atoms with Crippen molar-refractivity contribution in [1.82, 2.24) is 9.97 Å². The van der Waals surface area contributed by atoms with Crippen molar-refractivity contribution in [1.29, 1.82) is 0 Å². The first-order chi connectivity index (χ1) is 8.22. The molecule has 1 heterocycles. The molecule has 3 nitrogen and oxygen atoms in total. The third kappa shape index (κ3) is 2.54. The van der Waals surface area contributed by atoms with Crippen LogP contribution in [0.25, 0.3) is 0 Å². The van der Waals surface area contributed by atoms with Gasteiger partial charge in [-0.25, -0.2) is 9.97 Å². The number of nitrogens with one attached hydrogen (secondary N) is 1. The average molecular weight is 252 g/mol. The lowest BCUT2D eigenvalue weighted by atomic mass is 9.80. The molecular weight excluding hydrogens is 234 g/mol. The second-order valence-corrected chi connectivity index (χ2v) is 5.72. The molecule has 1 aromatic rings. The summed E-state index contributed by atoms with van der Waals surface area (Å²) in [4.78, 5) is 8.87. The molecule has 1 N–H and O–H groups in total. The van der Waals surface area contributed by atoms with Crippen molar-refractivity contribution in [3.8, 4) is 0 Å². The molecule has 1 aromatic heterocycles. The van der Waals surface area contributed by atoms with Gasteiger partial charge in [0.2, 0.25) is 0 Å². The summed E-state index contributed by atoms with van der Waals surface area (Å²) in [5, 5.41) is 4.03. The molecule has 0 bridgehead atoms. The van der Waals surface area contributed by atoms with Crippen LogP contribution >= 0.6 is 11.6 Å². The summed E-state index contributed by atoms with van der Waals surface area (Å²) in [6.07, 6.45) is 6.45. The first-order valence-electron chi connectivity index (χ1n) is 6.53. The summed E-state index contributed by atoms with van der Waals surface area (Å²) in [5.41, 5.74) is 0. The molecule has 0 radical (unpaired) electrons. The van der Waals surface area contributed by atoms with E-state index in [4.69, 9.17) is 11.6 Å². The highest BCUT2D eigenvalue weighted by atomic mass is 35.5. The molecule has 4 heteroatoms. The van der Waals surface area contributed by atoms with Crippen molar-refractivity contribution in [2.45, 2.75) is 51.0 Å². The van der Waals surface area contributed by atoms with Crippen LogP contribution in [0.4, 0.5) is 5.82 Å². The second-order valence-electron chi connectivity index (χ2n) is 5.33. The van der Waals surface area contributed by atoms with Crippen molar-refractivity contribution in [2.24, 2.45) is 5.92 Å². The fraction of sp³-hybridized carbons (Fsp3) is 0.692. The van der Waals surface area contributed by atoms with E-state index in [1.54, 1.807) is 0 Å². The minimum atomic E-state index is 0.488. The summed E-state index contributed by atoms with van der Waals surface area (Å²) < 4.78 is 0. The van der Waals surface area contributed by atoms with Gasteiger partial charge in [0.1, 0.15) is 16.8 Å². The quantitative estimate of drug-likeness (QED) is 0.831. The van der Waals surface area contributed by atoms with Crippen LogP contribution in [0.15, 0.2) is 6.07 Å². The predicted octanol–water partition coefficient (Wildman–Crippen LogP) is 3.61. The Morgan fingerprint density at radius 1 is 1.29 bits per heavy atom. The molecular formula is C13H18ClN3. The molecule has 2 aliphatic rings. The van der Waals surface area contributed by atoms with E-state index in [2.05, 4.69) is 22.2 Å². The molecule has 1 unspecified atom stereocenters. The van der Waals surface area contributed by atoms with Crippen LogP contribution < -0.4 is 5.32 Å². The molecule has 0 amide bonds. The van der Waals surface area contributed by atoms with Crippen molar-refractivity contribution >= 4 is 17.4 Å². The van der Waals surface area contributed by atoms with Crippen LogP contribution in [0.5, 0.6) is 0 Å². The fourth-order valence-electron chi connectivity index (χ4n) is 2.32. The highest BCUT2D eigenvalue weighted by Gasteiger charge is 2.28. The third-order valence-corrected chi connectivity index (χ3v) is 4.08.